The summed E-state index contributed by atoms with van der Waals surface area (Å²) in [6.45, 7) is 7.14. The highest BCUT2D eigenvalue weighted by molar-refractivity contribution is 5.74. The normalized spacial score (nSPS) is 20.4. The van der Waals surface area contributed by atoms with E-state index in [1.807, 2.05) is 19.1 Å². The molecule has 3 nitrogen and oxygen atoms in total. The number of nitrogen functional groups attached to an aromatic ring is 1. The lowest BCUT2D eigenvalue weighted by Crippen LogP contribution is -2.34. The third-order valence-corrected chi connectivity index (χ3v) is 3.34. The summed E-state index contributed by atoms with van der Waals surface area (Å²) in [6.07, 6.45) is 2.57. The van der Waals surface area contributed by atoms with E-state index >= 15 is 0 Å². The lowest BCUT2D eigenvalue weighted by atomic mass is 9.99. The summed E-state index contributed by atoms with van der Waals surface area (Å²) < 4.78 is 5.54. The number of para-hydroxylation sites is 1. The number of ether oxygens (including phenoxy) is 1. The maximum atomic E-state index is 6.18. The Kier molecular flexibility index (Phi) is 3.77. The van der Waals surface area contributed by atoms with Gasteiger partial charge in [-0.3, -0.25) is 0 Å². The Morgan fingerprint density at radius 3 is 3.00 bits per heavy atom. The molecule has 1 aliphatic heterocycles. The summed E-state index contributed by atoms with van der Waals surface area (Å²) in [5.41, 5.74) is 8.09. The van der Waals surface area contributed by atoms with Crippen LogP contribution in [0.25, 0.3) is 0 Å². The highest BCUT2D eigenvalue weighted by Crippen LogP contribution is 2.34. The van der Waals surface area contributed by atoms with E-state index in [4.69, 9.17) is 10.5 Å². The molecular formula is C14H22N2O. The molecule has 1 unspecified atom stereocenters. The molecule has 94 valence electrons. The summed E-state index contributed by atoms with van der Waals surface area (Å²) in [5.74, 6) is 1.56. The van der Waals surface area contributed by atoms with Crippen molar-refractivity contribution in [1.82, 2.24) is 0 Å². The molecule has 1 atom stereocenters. The average Bonchev–Trinajstić information content (AvgIpc) is 2.32. The Hall–Kier alpha value is -1.38. The molecule has 1 saturated heterocycles. The zero-order valence-corrected chi connectivity index (χ0v) is 10.8. The van der Waals surface area contributed by atoms with Crippen LogP contribution in [-0.4, -0.2) is 19.7 Å². The molecule has 1 fully saturated rings. The molecule has 1 heterocycles. The molecule has 3 heteroatoms. The zero-order chi connectivity index (χ0) is 12.3. The van der Waals surface area contributed by atoms with Crippen LogP contribution in [0.3, 0.4) is 0 Å². The molecular weight excluding hydrogens is 212 g/mol. The van der Waals surface area contributed by atoms with E-state index in [2.05, 4.69) is 17.9 Å². The van der Waals surface area contributed by atoms with E-state index in [0.29, 0.717) is 6.61 Å². The van der Waals surface area contributed by atoms with Gasteiger partial charge in [-0.25, -0.2) is 0 Å². The van der Waals surface area contributed by atoms with Gasteiger partial charge in [0.05, 0.1) is 18.0 Å². The maximum absolute atomic E-state index is 6.18. The van der Waals surface area contributed by atoms with Crippen LogP contribution >= 0.6 is 0 Å². The SMILES string of the molecule is CCOc1cccc(N2CCCC(C)C2)c1N. The minimum absolute atomic E-state index is 0.657. The Balaban J connectivity index is 2.22. The molecule has 2 N–H and O–H groups in total. The fourth-order valence-corrected chi connectivity index (χ4v) is 2.50. The topological polar surface area (TPSA) is 38.5 Å². The van der Waals surface area contributed by atoms with Crippen molar-refractivity contribution in [1.29, 1.82) is 0 Å². The summed E-state index contributed by atoms with van der Waals surface area (Å²) in [7, 11) is 0. The van der Waals surface area contributed by atoms with Crippen molar-refractivity contribution in [2.75, 3.05) is 30.3 Å². The van der Waals surface area contributed by atoms with Crippen LogP contribution in [0, 0.1) is 5.92 Å². The number of hydrogen-bond donors (Lipinski definition) is 1. The Morgan fingerprint density at radius 2 is 2.29 bits per heavy atom. The minimum atomic E-state index is 0.657. The molecule has 0 bridgehead atoms. The van der Waals surface area contributed by atoms with Crippen molar-refractivity contribution in [2.24, 2.45) is 5.92 Å². The van der Waals surface area contributed by atoms with Crippen LogP contribution in [0.5, 0.6) is 5.75 Å². The quantitative estimate of drug-likeness (QED) is 0.817. The highest BCUT2D eigenvalue weighted by atomic mass is 16.5. The first-order chi connectivity index (χ1) is 8.22. The van der Waals surface area contributed by atoms with Crippen molar-refractivity contribution in [3.63, 3.8) is 0 Å². The number of hydrogen-bond acceptors (Lipinski definition) is 3. The van der Waals surface area contributed by atoms with E-state index in [-0.39, 0.29) is 0 Å². The van der Waals surface area contributed by atoms with Gasteiger partial charge in [0, 0.05) is 13.1 Å². The molecule has 0 amide bonds. The second-order valence-corrected chi connectivity index (χ2v) is 4.82. The Morgan fingerprint density at radius 1 is 1.47 bits per heavy atom. The smallest absolute Gasteiger partial charge is 0.144 e. The molecule has 1 aromatic carbocycles. The third kappa shape index (κ3) is 2.65. The van der Waals surface area contributed by atoms with Gasteiger partial charge < -0.3 is 15.4 Å². The molecule has 1 aromatic rings. The van der Waals surface area contributed by atoms with Crippen LogP contribution in [0.4, 0.5) is 11.4 Å². The van der Waals surface area contributed by atoms with Gasteiger partial charge in [-0.05, 0) is 37.8 Å². The number of anilines is 2. The van der Waals surface area contributed by atoms with Crippen molar-refractivity contribution < 1.29 is 4.74 Å². The number of nitrogens with zero attached hydrogens (tertiary/aromatic N) is 1. The average molecular weight is 234 g/mol. The zero-order valence-electron chi connectivity index (χ0n) is 10.8. The van der Waals surface area contributed by atoms with E-state index in [0.717, 1.165) is 36.1 Å². The molecule has 0 saturated carbocycles. The number of piperidine rings is 1. The standard InChI is InChI=1S/C14H22N2O/c1-3-17-13-8-4-7-12(14(13)15)16-9-5-6-11(2)10-16/h4,7-8,11H,3,5-6,9-10,15H2,1-2H3. The van der Waals surface area contributed by atoms with Gasteiger partial charge in [-0.1, -0.05) is 13.0 Å². The molecule has 0 aromatic heterocycles. The second-order valence-electron chi connectivity index (χ2n) is 4.82. The number of benzene rings is 1. The molecule has 0 spiro atoms. The van der Waals surface area contributed by atoms with Crippen molar-refractivity contribution in [3.8, 4) is 5.75 Å². The van der Waals surface area contributed by atoms with Gasteiger partial charge in [0.2, 0.25) is 0 Å². The molecule has 0 radical (unpaired) electrons. The van der Waals surface area contributed by atoms with Gasteiger partial charge in [0.25, 0.3) is 0 Å². The molecule has 0 aliphatic carbocycles. The van der Waals surface area contributed by atoms with E-state index in [1.54, 1.807) is 0 Å². The molecule has 1 aliphatic rings. The lowest BCUT2D eigenvalue weighted by molar-refractivity contribution is 0.342. The first kappa shape index (κ1) is 12.1. The summed E-state index contributed by atoms with van der Waals surface area (Å²) in [4.78, 5) is 2.38. The van der Waals surface area contributed by atoms with Crippen LogP contribution in [0.2, 0.25) is 0 Å². The van der Waals surface area contributed by atoms with Crippen molar-refractivity contribution in [3.05, 3.63) is 18.2 Å². The molecule has 2 rings (SSSR count). The van der Waals surface area contributed by atoms with Gasteiger partial charge in [0.15, 0.2) is 0 Å². The van der Waals surface area contributed by atoms with Crippen molar-refractivity contribution >= 4 is 11.4 Å². The second kappa shape index (κ2) is 5.30. The summed E-state index contributed by atoms with van der Waals surface area (Å²) in [5, 5.41) is 0. The van der Waals surface area contributed by atoms with Gasteiger partial charge in [0.1, 0.15) is 5.75 Å². The van der Waals surface area contributed by atoms with Crippen LogP contribution in [0.1, 0.15) is 26.7 Å². The van der Waals surface area contributed by atoms with Crippen LogP contribution < -0.4 is 15.4 Å². The minimum Gasteiger partial charge on any atom is -0.492 e. The summed E-state index contributed by atoms with van der Waals surface area (Å²) >= 11 is 0. The third-order valence-electron chi connectivity index (χ3n) is 3.34. The predicted molar refractivity (Wildman–Crippen MR) is 72.6 cm³/mol. The highest BCUT2D eigenvalue weighted by Gasteiger charge is 2.19. The number of nitrogens with two attached hydrogens (primary N) is 1. The fraction of sp³-hybridized carbons (Fsp3) is 0.571. The van der Waals surface area contributed by atoms with Gasteiger partial charge >= 0.3 is 0 Å². The monoisotopic (exact) mass is 234 g/mol. The van der Waals surface area contributed by atoms with E-state index in [1.165, 1.54) is 12.8 Å². The lowest BCUT2D eigenvalue weighted by Gasteiger charge is -2.33. The van der Waals surface area contributed by atoms with E-state index < -0.39 is 0 Å². The Bertz CT molecular complexity index is 378. The summed E-state index contributed by atoms with van der Waals surface area (Å²) in [6, 6.07) is 6.06. The van der Waals surface area contributed by atoms with Crippen molar-refractivity contribution in [2.45, 2.75) is 26.7 Å². The first-order valence-electron chi connectivity index (χ1n) is 6.48. The first-order valence-corrected chi connectivity index (χ1v) is 6.48. The largest absolute Gasteiger partial charge is 0.492 e. The number of rotatable bonds is 3. The van der Waals surface area contributed by atoms with Crippen LogP contribution in [0.15, 0.2) is 18.2 Å². The van der Waals surface area contributed by atoms with Crippen LogP contribution in [-0.2, 0) is 0 Å². The predicted octanol–water partition coefficient (Wildman–Crippen LogP) is 2.90. The fourth-order valence-electron chi connectivity index (χ4n) is 2.50. The van der Waals surface area contributed by atoms with Gasteiger partial charge in [-0.2, -0.15) is 0 Å². The van der Waals surface area contributed by atoms with E-state index in [9.17, 15) is 0 Å². The van der Waals surface area contributed by atoms with Gasteiger partial charge in [-0.15, -0.1) is 0 Å². The Labute approximate surface area is 104 Å². The maximum Gasteiger partial charge on any atom is 0.144 e. The molecule has 17 heavy (non-hydrogen) atoms.